The van der Waals surface area contributed by atoms with E-state index in [1.165, 1.54) is 0 Å². The first-order chi connectivity index (χ1) is 15.6. The number of para-hydroxylation sites is 1. The monoisotopic (exact) mass is 437 g/mol. The lowest BCUT2D eigenvalue weighted by molar-refractivity contribution is 0.0793. The van der Waals surface area contributed by atoms with Gasteiger partial charge in [0.2, 0.25) is 0 Å². The second kappa shape index (κ2) is 9.94. The summed E-state index contributed by atoms with van der Waals surface area (Å²) in [6, 6.07) is 13.2. The predicted octanol–water partition coefficient (Wildman–Crippen LogP) is 3.34. The number of likely N-dealkylation sites (tertiary alicyclic amines) is 1. The van der Waals surface area contributed by atoms with Gasteiger partial charge in [0.1, 0.15) is 17.1 Å². The smallest absolute Gasteiger partial charge is 0.259 e. The van der Waals surface area contributed by atoms with E-state index in [4.69, 9.17) is 9.47 Å². The number of carbonyl (C=O) groups is 2. The molecule has 2 aliphatic rings. The van der Waals surface area contributed by atoms with Crippen LogP contribution in [-0.2, 0) is 0 Å². The van der Waals surface area contributed by atoms with Crippen molar-refractivity contribution in [1.82, 2.24) is 10.2 Å². The van der Waals surface area contributed by atoms with Crippen molar-refractivity contribution in [2.24, 2.45) is 0 Å². The summed E-state index contributed by atoms with van der Waals surface area (Å²) in [5.41, 5.74) is 2.18. The van der Waals surface area contributed by atoms with Crippen molar-refractivity contribution in [2.45, 2.75) is 31.7 Å². The summed E-state index contributed by atoms with van der Waals surface area (Å²) in [4.78, 5) is 30.2. The number of piperidine rings is 1. The van der Waals surface area contributed by atoms with Crippen LogP contribution in [0, 0.1) is 0 Å². The van der Waals surface area contributed by atoms with Crippen molar-refractivity contribution in [3.8, 4) is 11.5 Å². The first-order valence-corrected chi connectivity index (χ1v) is 11.3. The lowest BCUT2D eigenvalue weighted by Gasteiger charge is -2.35. The number of nitrogens with one attached hydrogen (secondary N) is 1. The van der Waals surface area contributed by atoms with Crippen LogP contribution < -0.4 is 19.7 Å². The number of amides is 2. The van der Waals surface area contributed by atoms with Crippen LogP contribution in [-0.4, -0.2) is 63.2 Å². The van der Waals surface area contributed by atoms with Crippen LogP contribution in [0.5, 0.6) is 11.5 Å². The van der Waals surface area contributed by atoms with Gasteiger partial charge in [0.05, 0.1) is 19.8 Å². The van der Waals surface area contributed by atoms with Crippen LogP contribution in [0.1, 0.15) is 46.4 Å². The highest BCUT2D eigenvalue weighted by atomic mass is 16.5. The van der Waals surface area contributed by atoms with Gasteiger partial charge in [0, 0.05) is 37.9 Å². The minimum absolute atomic E-state index is 0.0508. The number of benzene rings is 2. The van der Waals surface area contributed by atoms with Crippen LogP contribution in [0.15, 0.2) is 42.5 Å². The fourth-order valence-corrected chi connectivity index (χ4v) is 4.62. The summed E-state index contributed by atoms with van der Waals surface area (Å²) >= 11 is 0. The third-order valence-corrected chi connectivity index (χ3v) is 6.35. The molecule has 2 fully saturated rings. The molecule has 2 aromatic rings. The lowest BCUT2D eigenvalue weighted by atomic mass is 10.0. The van der Waals surface area contributed by atoms with Crippen molar-refractivity contribution in [3.05, 3.63) is 53.6 Å². The zero-order chi connectivity index (χ0) is 22.5. The second-order valence-electron chi connectivity index (χ2n) is 8.29. The molecule has 2 aromatic carbocycles. The number of anilines is 1. The normalized spacial score (nSPS) is 16.7. The van der Waals surface area contributed by atoms with Crippen LogP contribution in [0.25, 0.3) is 0 Å². The molecule has 0 spiro atoms. The van der Waals surface area contributed by atoms with Crippen molar-refractivity contribution in [3.63, 3.8) is 0 Å². The van der Waals surface area contributed by atoms with Crippen molar-refractivity contribution in [2.75, 3.05) is 45.3 Å². The fraction of sp³-hybridized carbons (Fsp3) is 0.440. The molecule has 0 unspecified atom stereocenters. The fourth-order valence-electron chi connectivity index (χ4n) is 4.62. The summed E-state index contributed by atoms with van der Waals surface area (Å²) in [6.45, 7) is 3.23. The summed E-state index contributed by atoms with van der Waals surface area (Å²) < 4.78 is 10.7. The molecule has 1 N–H and O–H groups in total. The van der Waals surface area contributed by atoms with Gasteiger partial charge in [-0.25, -0.2) is 0 Å². The zero-order valence-corrected chi connectivity index (χ0v) is 18.8. The van der Waals surface area contributed by atoms with Gasteiger partial charge in [-0.05, 0) is 49.9 Å². The van der Waals surface area contributed by atoms with E-state index in [0.717, 1.165) is 63.1 Å². The van der Waals surface area contributed by atoms with E-state index in [-0.39, 0.29) is 17.9 Å². The zero-order valence-electron chi connectivity index (χ0n) is 18.8. The minimum Gasteiger partial charge on any atom is -0.496 e. The SMILES string of the molecule is COc1cccc(OC)c1C(=O)NC1CCN(c2ccccc2C(=O)N2CCCC2)CC1. The van der Waals surface area contributed by atoms with E-state index in [0.29, 0.717) is 17.1 Å². The van der Waals surface area contributed by atoms with Gasteiger partial charge in [0.25, 0.3) is 11.8 Å². The van der Waals surface area contributed by atoms with E-state index >= 15 is 0 Å². The Hall–Kier alpha value is -3.22. The minimum atomic E-state index is -0.192. The van der Waals surface area contributed by atoms with Gasteiger partial charge in [-0.3, -0.25) is 9.59 Å². The molecule has 0 atom stereocenters. The average Bonchev–Trinajstić information content (AvgIpc) is 3.38. The quantitative estimate of drug-likeness (QED) is 0.751. The Morgan fingerprint density at radius 1 is 0.875 bits per heavy atom. The first kappa shape index (κ1) is 22.0. The standard InChI is InChI=1S/C25H31N3O4/c1-31-21-10-7-11-22(32-2)23(21)24(29)26-18-12-16-27(17-13-18)20-9-4-3-8-19(20)25(30)28-14-5-6-15-28/h3-4,7-11,18H,5-6,12-17H2,1-2H3,(H,26,29). The summed E-state index contributed by atoms with van der Waals surface area (Å²) in [5.74, 6) is 0.918. The van der Waals surface area contributed by atoms with Gasteiger partial charge < -0.3 is 24.6 Å². The summed E-state index contributed by atoms with van der Waals surface area (Å²) in [7, 11) is 3.09. The van der Waals surface area contributed by atoms with E-state index in [2.05, 4.69) is 10.2 Å². The number of rotatable bonds is 6. The van der Waals surface area contributed by atoms with Crippen LogP contribution >= 0.6 is 0 Å². The van der Waals surface area contributed by atoms with Gasteiger partial charge in [-0.1, -0.05) is 18.2 Å². The van der Waals surface area contributed by atoms with Gasteiger partial charge in [-0.2, -0.15) is 0 Å². The maximum absolute atomic E-state index is 13.0. The van der Waals surface area contributed by atoms with Crippen molar-refractivity contribution >= 4 is 17.5 Å². The Balaban J connectivity index is 1.42. The summed E-state index contributed by atoms with van der Waals surface area (Å²) in [5, 5.41) is 3.14. The average molecular weight is 438 g/mol. The van der Waals surface area contributed by atoms with Gasteiger partial charge in [-0.15, -0.1) is 0 Å². The molecule has 2 heterocycles. The molecule has 0 saturated carbocycles. The maximum atomic E-state index is 13.0. The Kier molecular flexibility index (Phi) is 6.83. The number of hydrogen-bond acceptors (Lipinski definition) is 5. The van der Waals surface area contributed by atoms with Crippen LogP contribution in [0.4, 0.5) is 5.69 Å². The topological polar surface area (TPSA) is 71.1 Å². The second-order valence-corrected chi connectivity index (χ2v) is 8.29. The third-order valence-electron chi connectivity index (χ3n) is 6.35. The third kappa shape index (κ3) is 4.52. The molecule has 7 heteroatoms. The molecule has 2 amide bonds. The number of nitrogens with zero attached hydrogens (tertiary/aromatic N) is 2. The first-order valence-electron chi connectivity index (χ1n) is 11.3. The Labute approximate surface area is 189 Å². The molecular formula is C25H31N3O4. The van der Waals surface area contributed by atoms with Gasteiger partial charge >= 0.3 is 0 Å². The highest BCUT2D eigenvalue weighted by molar-refractivity contribution is 6.00. The highest BCUT2D eigenvalue weighted by Gasteiger charge is 2.28. The molecule has 2 saturated heterocycles. The molecule has 0 aliphatic carbocycles. The molecule has 0 aromatic heterocycles. The molecule has 0 radical (unpaired) electrons. The molecule has 32 heavy (non-hydrogen) atoms. The number of carbonyl (C=O) groups excluding carboxylic acids is 2. The number of ether oxygens (including phenoxy) is 2. The Morgan fingerprint density at radius 3 is 2.12 bits per heavy atom. The maximum Gasteiger partial charge on any atom is 0.259 e. The van der Waals surface area contributed by atoms with Crippen molar-refractivity contribution < 1.29 is 19.1 Å². The van der Waals surface area contributed by atoms with E-state index in [1.807, 2.05) is 29.2 Å². The largest absolute Gasteiger partial charge is 0.496 e. The molecule has 2 aliphatic heterocycles. The lowest BCUT2D eigenvalue weighted by Crippen LogP contribution is -2.45. The number of methoxy groups -OCH3 is 2. The number of hydrogen-bond donors (Lipinski definition) is 1. The molecular weight excluding hydrogens is 406 g/mol. The Morgan fingerprint density at radius 2 is 1.50 bits per heavy atom. The predicted molar refractivity (Wildman–Crippen MR) is 124 cm³/mol. The van der Waals surface area contributed by atoms with Crippen LogP contribution in [0.2, 0.25) is 0 Å². The Bertz CT molecular complexity index is 941. The highest BCUT2D eigenvalue weighted by Crippen LogP contribution is 2.30. The van der Waals surface area contributed by atoms with Crippen molar-refractivity contribution in [1.29, 1.82) is 0 Å². The molecule has 7 nitrogen and oxygen atoms in total. The molecule has 0 bridgehead atoms. The van der Waals surface area contributed by atoms with E-state index < -0.39 is 0 Å². The summed E-state index contributed by atoms with van der Waals surface area (Å²) in [6.07, 6.45) is 3.76. The molecule has 4 rings (SSSR count). The van der Waals surface area contributed by atoms with Crippen LogP contribution in [0.3, 0.4) is 0 Å². The van der Waals surface area contributed by atoms with E-state index in [9.17, 15) is 9.59 Å². The van der Waals surface area contributed by atoms with E-state index in [1.54, 1.807) is 32.4 Å². The van der Waals surface area contributed by atoms with Gasteiger partial charge in [0.15, 0.2) is 0 Å². The molecule has 170 valence electrons.